The van der Waals surface area contributed by atoms with Gasteiger partial charge in [0.05, 0.1) is 10.6 Å². The lowest BCUT2D eigenvalue weighted by molar-refractivity contribution is 0.893. The topological polar surface area (TPSA) is 51.8 Å². The quantitative estimate of drug-likeness (QED) is 0.907. The van der Waals surface area contributed by atoms with Crippen molar-refractivity contribution in [2.75, 3.05) is 0 Å². The maximum absolute atomic E-state index is 5.76. The zero-order valence-electron chi connectivity index (χ0n) is 10.4. The zero-order valence-corrected chi connectivity index (χ0v) is 11.3. The molecule has 2 heterocycles. The van der Waals surface area contributed by atoms with Crippen LogP contribution in [0, 0.1) is 13.8 Å². The monoisotopic (exact) mass is 247 g/mol. The Balaban J connectivity index is 2.53. The highest BCUT2D eigenvalue weighted by atomic mass is 32.1. The third-order valence-corrected chi connectivity index (χ3v) is 3.80. The van der Waals surface area contributed by atoms with Gasteiger partial charge in [0.25, 0.3) is 0 Å². The second-order valence-electron chi connectivity index (χ2n) is 4.03. The molecule has 2 rings (SSSR count). The normalized spacial score (nSPS) is 10.8. The number of nitrogens with zero attached hydrogens (tertiary/aromatic N) is 2. The van der Waals surface area contributed by atoms with Gasteiger partial charge in [-0.15, -0.1) is 11.3 Å². The van der Waals surface area contributed by atoms with Crippen molar-refractivity contribution in [2.24, 2.45) is 5.73 Å². The maximum Gasteiger partial charge on any atom is 0.169 e. The van der Waals surface area contributed by atoms with Crippen LogP contribution in [0.2, 0.25) is 0 Å². The van der Waals surface area contributed by atoms with Crippen molar-refractivity contribution in [1.29, 1.82) is 0 Å². The van der Waals surface area contributed by atoms with Gasteiger partial charge in [-0.3, -0.25) is 0 Å². The summed E-state index contributed by atoms with van der Waals surface area (Å²) in [4.78, 5) is 11.5. The summed E-state index contributed by atoms with van der Waals surface area (Å²) >= 11 is 1.72. The van der Waals surface area contributed by atoms with E-state index in [0.29, 0.717) is 6.54 Å². The third-order valence-electron chi connectivity index (χ3n) is 2.81. The Morgan fingerprint density at radius 1 is 1.24 bits per heavy atom. The molecule has 0 unspecified atom stereocenters. The van der Waals surface area contributed by atoms with Gasteiger partial charge >= 0.3 is 0 Å². The van der Waals surface area contributed by atoms with Gasteiger partial charge in [-0.1, -0.05) is 6.92 Å². The van der Waals surface area contributed by atoms with E-state index in [0.717, 1.165) is 28.5 Å². The molecule has 0 spiro atoms. The number of thiophene rings is 1. The van der Waals surface area contributed by atoms with Gasteiger partial charge in [0.1, 0.15) is 0 Å². The summed E-state index contributed by atoms with van der Waals surface area (Å²) in [5, 5.41) is 0. The largest absolute Gasteiger partial charge is 0.325 e. The average molecular weight is 247 g/mol. The van der Waals surface area contributed by atoms with Crippen LogP contribution in [0.3, 0.4) is 0 Å². The molecule has 0 atom stereocenters. The molecule has 0 radical (unpaired) electrons. The second kappa shape index (κ2) is 4.94. The fraction of sp³-hybridized carbons (Fsp3) is 0.385. The number of aryl methyl sites for hydroxylation is 2. The first-order chi connectivity index (χ1) is 8.15. The Kier molecular flexibility index (Phi) is 3.54. The zero-order chi connectivity index (χ0) is 12.4. The minimum absolute atomic E-state index is 0.476. The van der Waals surface area contributed by atoms with E-state index in [4.69, 9.17) is 5.73 Å². The van der Waals surface area contributed by atoms with Gasteiger partial charge in [-0.25, -0.2) is 9.97 Å². The fourth-order valence-corrected chi connectivity index (χ4v) is 2.75. The van der Waals surface area contributed by atoms with Gasteiger partial charge in [-0.2, -0.15) is 0 Å². The molecular weight excluding hydrogens is 230 g/mol. The summed E-state index contributed by atoms with van der Waals surface area (Å²) in [5.74, 6) is 0.804. The van der Waals surface area contributed by atoms with E-state index in [-0.39, 0.29) is 0 Å². The van der Waals surface area contributed by atoms with Crippen LogP contribution >= 0.6 is 11.3 Å². The molecule has 0 fully saturated rings. The summed E-state index contributed by atoms with van der Waals surface area (Å²) in [6.07, 6.45) is 0.933. The van der Waals surface area contributed by atoms with Crippen molar-refractivity contribution in [2.45, 2.75) is 33.7 Å². The number of hydrogen-bond acceptors (Lipinski definition) is 4. The summed E-state index contributed by atoms with van der Waals surface area (Å²) in [5.41, 5.74) is 8.96. The molecule has 2 aromatic rings. The van der Waals surface area contributed by atoms with E-state index in [1.54, 1.807) is 11.3 Å². The minimum atomic E-state index is 0.476. The van der Waals surface area contributed by atoms with Gasteiger partial charge < -0.3 is 5.73 Å². The van der Waals surface area contributed by atoms with Crippen LogP contribution in [-0.4, -0.2) is 9.97 Å². The Labute approximate surface area is 106 Å². The molecule has 0 aliphatic heterocycles. The molecule has 0 saturated carbocycles. The van der Waals surface area contributed by atoms with Gasteiger partial charge in [0.2, 0.25) is 0 Å². The summed E-state index contributed by atoms with van der Waals surface area (Å²) < 4.78 is 0. The summed E-state index contributed by atoms with van der Waals surface area (Å²) in [6.45, 7) is 6.71. The lowest BCUT2D eigenvalue weighted by atomic mass is 10.1. The third kappa shape index (κ3) is 2.37. The second-order valence-corrected chi connectivity index (χ2v) is 5.31. The molecule has 4 heteroatoms. The lowest BCUT2D eigenvalue weighted by Gasteiger charge is -2.09. The van der Waals surface area contributed by atoms with E-state index < -0.39 is 0 Å². The fourth-order valence-electron chi connectivity index (χ4n) is 1.95. The van der Waals surface area contributed by atoms with E-state index >= 15 is 0 Å². The number of nitrogens with two attached hydrogens (primary N) is 1. The number of aromatic nitrogens is 2. The Hall–Kier alpha value is -1.26. The Bertz CT molecular complexity index is 531. The first-order valence-electron chi connectivity index (χ1n) is 5.79. The van der Waals surface area contributed by atoms with Crippen LogP contribution in [0.5, 0.6) is 0 Å². The summed E-state index contributed by atoms with van der Waals surface area (Å²) in [7, 11) is 0. The molecule has 3 nitrogen and oxygen atoms in total. The van der Waals surface area contributed by atoms with E-state index in [9.17, 15) is 0 Å². The molecule has 0 amide bonds. The van der Waals surface area contributed by atoms with E-state index in [1.807, 2.05) is 6.92 Å². The highest BCUT2D eigenvalue weighted by Crippen LogP contribution is 2.26. The van der Waals surface area contributed by atoms with E-state index in [1.165, 1.54) is 10.4 Å². The molecule has 17 heavy (non-hydrogen) atoms. The first kappa shape index (κ1) is 12.2. The SMILES string of the molecule is CCc1c(C)nc(-c2ccc(C)s2)nc1CN. The van der Waals surface area contributed by atoms with Gasteiger partial charge in [-0.05, 0) is 38.0 Å². The predicted molar refractivity (Wildman–Crippen MR) is 72.1 cm³/mol. The molecule has 0 aliphatic rings. The lowest BCUT2D eigenvalue weighted by Crippen LogP contribution is -2.09. The molecule has 0 saturated heterocycles. The van der Waals surface area contributed by atoms with Gasteiger partial charge in [0, 0.05) is 17.1 Å². The molecule has 0 bridgehead atoms. The van der Waals surface area contributed by atoms with Crippen molar-refractivity contribution in [3.05, 3.63) is 34.0 Å². The highest BCUT2D eigenvalue weighted by Gasteiger charge is 2.11. The van der Waals surface area contributed by atoms with Crippen molar-refractivity contribution in [1.82, 2.24) is 9.97 Å². The highest BCUT2D eigenvalue weighted by molar-refractivity contribution is 7.15. The van der Waals surface area contributed by atoms with Gasteiger partial charge in [0.15, 0.2) is 5.82 Å². The van der Waals surface area contributed by atoms with E-state index in [2.05, 4.69) is 35.9 Å². The van der Waals surface area contributed by atoms with Crippen molar-refractivity contribution in [3.8, 4) is 10.7 Å². The average Bonchev–Trinajstić information content (AvgIpc) is 2.74. The Morgan fingerprint density at radius 2 is 2.00 bits per heavy atom. The first-order valence-corrected chi connectivity index (χ1v) is 6.60. The Morgan fingerprint density at radius 3 is 2.53 bits per heavy atom. The minimum Gasteiger partial charge on any atom is -0.325 e. The molecular formula is C13H17N3S. The van der Waals surface area contributed by atoms with Crippen LogP contribution in [-0.2, 0) is 13.0 Å². The summed E-state index contributed by atoms with van der Waals surface area (Å²) in [6, 6.07) is 4.16. The molecule has 0 aliphatic carbocycles. The van der Waals surface area contributed by atoms with Crippen LogP contribution < -0.4 is 5.73 Å². The predicted octanol–water partition coefficient (Wildman–Crippen LogP) is 2.84. The van der Waals surface area contributed by atoms with Crippen LogP contribution in [0.4, 0.5) is 0 Å². The van der Waals surface area contributed by atoms with Crippen LogP contribution in [0.1, 0.15) is 28.8 Å². The van der Waals surface area contributed by atoms with Crippen LogP contribution in [0.15, 0.2) is 12.1 Å². The van der Waals surface area contributed by atoms with Crippen LogP contribution in [0.25, 0.3) is 10.7 Å². The standard InChI is InChI=1S/C13H17N3S/c1-4-10-9(3)15-13(16-11(10)7-14)12-6-5-8(2)17-12/h5-6H,4,7,14H2,1-3H3. The maximum atomic E-state index is 5.76. The molecule has 0 aromatic carbocycles. The molecule has 2 aromatic heterocycles. The number of hydrogen-bond donors (Lipinski definition) is 1. The van der Waals surface area contributed by atoms with Crippen molar-refractivity contribution >= 4 is 11.3 Å². The molecule has 2 N–H and O–H groups in total. The van der Waals surface area contributed by atoms with Crippen molar-refractivity contribution in [3.63, 3.8) is 0 Å². The van der Waals surface area contributed by atoms with Crippen molar-refractivity contribution < 1.29 is 0 Å². The smallest absolute Gasteiger partial charge is 0.169 e. The number of rotatable bonds is 3. The molecule has 90 valence electrons.